The maximum absolute atomic E-state index is 12.1. The second-order valence-corrected chi connectivity index (χ2v) is 6.46. The van der Waals surface area contributed by atoms with Crippen LogP contribution in [0.2, 0.25) is 0 Å². The number of aromatic nitrogens is 4. The molecule has 0 saturated heterocycles. The van der Waals surface area contributed by atoms with Gasteiger partial charge in [-0.15, -0.1) is 33.4 Å². The minimum Gasteiger partial charge on any atom is -0.326 e. The fourth-order valence-electron chi connectivity index (χ4n) is 1.90. The van der Waals surface area contributed by atoms with Crippen LogP contribution in [0.4, 0.5) is 5.69 Å². The van der Waals surface area contributed by atoms with Crippen LogP contribution in [0.1, 0.15) is 13.3 Å². The van der Waals surface area contributed by atoms with Gasteiger partial charge in [0.1, 0.15) is 4.33 Å². The number of carbonyl (C=O) groups is 1. The van der Waals surface area contributed by atoms with Crippen LogP contribution in [0.3, 0.4) is 0 Å². The van der Waals surface area contributed by atoms with E-state index in [9.17, 15) is 4.79 Å². The molecule has 8 heteroatoms. The van der Waals surface area contributed by atoms with Crippen LogP contribution in [0.25, 0.3) is 11.4 Å². The Kier molecular flexibility index (Phi) is 2.95. The topological polar surface area (TPSA) is 83.6 Å². The quantitative estimate of drug-likeness (QED) is 0.852. The third-order valence-electron chi connectivity index (χ3n) is 3.51. The van der Waals surface area contributed by atoms with E-state index in [0.29, 0.717) is 17.9 Å². The molecule has 1 unspecified atom stereocenters. The molecular weight excluding hydrogens is 301 g/mol. The van der Waals surface area contributed by atoms with Gasteiger partial charge in [0.25, 0.3) is 0 Å². The van der Waals surface area contributed by atoms with Crippen LogP contribution < -0.4 is 5.32 Å². The minimum absolute atomic E-state index is 0.185. The average molecular weight is 312 g/mol. The van der Waals surface area contributed by atoms with Gasteiger partial charge in [-0.25, -0.2) is 0 Å². The number of anilines is 1. The Hall–Kier alpha value is -1.66. The van der Waals surface area contributed by atoms with Crippen molar-refractivity contribution in [3.05, 3.63) is 24.3 Å². The lowest BCUT2D eigenvalue weighted by atomic mass is 10.1. The van der Waals surface area contributed by atoms with Crippen LogP contribution in [-0.2, 0) is 4.79 Å². The van der Waals surface area contributed by atoms with E-state index < -0.39 is 9.75 Å². The van der Waals surface area contributed by atoms with Crippen molar-refractivity contribution in [2.75, 3.05) is 5.32 Å². The molecule has 1 fully saturated rings. The number of halogens is 2. The zero-order valence-corrected chi connectivity index (χ0v) is 12.0. The number of hydrogen-bond donors (Lipinski definition) is 2. The first-order chi connectivity index (χ1) is 9.42. The molecule has 1 aromatic heterocycles. The molecule has 1 atom stereocenters. The molecule has 1 amide bonds. The van der Waals surface area contributed by atoms with Gasteiger partial charge in [0, 0.05) is 11.3 Å². The highest BCUT2D eigenvalue weighted by molar-refractivity contribution is 6.53. The Balaban J connectivity index is 1.72. The van der Waals surface area contributed by atoms with Gasteiger partial charge < -0.3 is 5.32 Å². The monoisotopic (exact) mass is 311 g/mol. The van der Waals surface area contributed by atoms with E-state index in [-0.39, 0.29) is 5.91 Å². The first-order valence-corrected chi connectivity index (χ1v) is 6.71. The fraction of sp³-hybridized carbons (Fsp3) is 0.333. The summed E-state index contributed by atoms with van der Waals surface area (Å²) >= 11 is 12.0. The van der Waals surface area contributed by atoms with Gasteiger partial charge in [-0.3, -0.25) is 4.79 Å². The molecule has 2 N–H and O–H groups in total. The van der Waals surface area contributed by atoms with Crippen molar-refractivity contribution >= 4 is 34.8 Å². The van der Waals surface area contributed by atoms with Crippen molar-refractivity contribution in [3.8, 4) is 11.4 Å². The lowest BCUT2D eigenvalue weighted by Crippen LogP contribution is -2.25. The van der Waals surface area contributed by atoms with E-state index in [4.69, 9.17) is 23.2 Å². The molecule has 0 aliphatic heterocycles. The van der Waals surface area contributed by atoms with Gasteiger partial charge in [-0.1, -0.05) is 0 Å². The van der Waals surface area contributed by atoms with Crippen molar-refractivity contribution in [1.29, 1.82) is 0 Å². The maximum Gasteiger partial charge on any atom is 0.233 e. The van der Waals surface area contributed by atoms with Crippen LogP contribution in [0.5, 0.6) is 0 Å². The smallest absolute Gasteiger partial charge is 0.233 e. The van der Waals surface area contributed by atoms with E-state index >= 15 is 0 Å². The van der Waals surface area contributed by atoms with Gasteiger partial charge in [-0.2, -0.15) is 5.21 Å². The van der Waals surface area contributed by atoms with Crippen molar-refractivity contribution in [1.82, 2.24) is 20.6 Å². The van der Waals surface area contributed by atoms with E-state index in [2.05, 4.69) is 25.9 Å². The predicted molar refractivity (Wildman–Crippen MR) is 75.4 cm³/mol. The second-order valence-electron chi connectivity index (χ2n) is 4.98. The average Bonchev–Trinajstić information content (AvgIpc) is 2.83. The van der Waals surface area contributed by atoms with Crippen LogP contribution in [0, 0.1) is 5.41 Å². The number of hydrogen-bond acceptors (Lipinski definition) is 4. The highest BCUT2D eigenvalue weighted by atomic mass is 35.5. The van der Waals surface area contributed by atoms with Crippen LogP contribution in [-0.4, -0.2) is 30.9 Å². The van der Waals surface area contributed by atoms with Crippen molar-refractivity contribution in [2.45, 2.75) is 17.7 Å². The molecule has 0 bridgehead atoms. The molecule has 3 rings (SSSR count). The molecule has 1 aliphatic carbocycles. The summed E-state index contributed by atoms with van der Waals surface area (Å²) in [6, 6.07) is 7.12. The van der Waals surface area contributed by atoms with E-state index in [1.54, 1.807) is 31.2 Å². The summed E-state index contributed by atoms with van der Waals surface area (Å²) in [5, 5.41) is 16.4. The summed E-state index contributed by atoms with van der Waals surface area (Å²) in [6.45, 7) is 1.75. The molecule has 2 aromatic rings. The summed E-state index contributed by atoms with van der Waals surface area (Å²) in [7, 11) is 0. The number of rotatable bonds is 3. The maximum atomic E-state index is 12.1. The zero-order chi connectivity index (χ0) is 14.4. The van der Waals surface area contributed by atoms with Gasteiger partial charge in [0.15, 0.2) is 0 Å². The van der Waals surface area contributed by atoms with Gasteiger partial charge in [-0.05, 0) is 42.8 Å². The van der Waals surface area contributed by atoms with Crippen LogP contribution >= 0.6 is 23.2 Å². The van der Waals surface area contributed by atoms with E-state index in [1.807, 2.05) is 0 Å². The SMILES string of the molecule is CC1(C(=O)Nc2ccc(-c3nn[nH]n3)cc2)CC1(Cl)Cl. The summed E-state index contributed by atoms with van der Waals surface area (Å²) in [5.74, 6) is 0.312. The van der Waals surface area contributed by atoms with Crippen molar-refractivity contribution in [3.63, 3.8) is 0 Å². The Bertz CT molecular complexity index is 640. The standard InChI is InChI=1S/C12H11Cl2N5O/c1-11(6-12(11,13)14)10(20)15-8-4-2-7(3-5-8)9-16-18-19-17-9/h2-5H,6H2,1H3,(H,15,20)(H,16,17,18,19). The summed E-state index contributed by atoms with van der Waals surface area (Å²) in [4.78, 5) is 12.1. The third kappa shape index (κ3) is 2.14. The number of benzene rings is 1. The predicted octanol–water partition coefficient (Wildman–Crippen LogP) is 2.39. The first-order valence-electron chi connectivity index (χ1n) is 5.95. The largest absolute Gasteiger partial charge is 0.326 e. The Morgan fingerprint density at radius 3 is 2.50 bits per heavy atom. The number of H-pyrrole nitrogens is 1. The van der Waals surface area contributed by atoms with Gasteiger partial charge in [0.05, 0.1) is 5.41 Å². The Morgan fingerprint density at radius 1 is 1.35 bits per heavy atom. The van der Waals surface area contributed by atoms with Gasteiger partial charge in [0.2, 0.25) is 11.7 Å². The first kappa shape index (κ1) is 13.3. The number of alkyl halides is 2. The number of tetrazole rings is 1. The molecule has 20 heavy (non-hydrogen) atoms. The molecule has 1 saturated carbocycles. The fourth-order valence-corrected chi connectivity index (χ4v) is 2.61. The Morgan fingerprint density at radius 2 is 2.00 bits per heavy atom. The molecule has 0 spiro atoms. The second kappa shape index (κ2) is 4.43. The lowest BCUT2D eigenvalue weighted by Gasteiger charge is -2.12. The number of nitrogens with one attached hydrogen (secondary N) is 2. The molecule has 1 aliphatic rings. The van der Waals surface area contributed by atoms with Crippen molar-refractivity contribution < 1.29 is 4.79 Å². The van der Waals surface area contributed by atoms with E-state index in [1.165, 1.54) is 0 Å². The molecule has 1 aromatic carbocycles. The molecule has 104 valence electrons. The number of amides is 1. The molecule has 1 heterocycles. The summed E-state index contributed by atoms with van der Waals surface area (Å²) in [5.41, 5.74) is 0.737. The summed E-state index contributed by atoms with van der Waals surface area (Å²) in [6.07, 6.45) is 0.454. The van der Waals surface area contributed by atoms with Gasteiger partial charge >= 0.3 is 0 Å². The summed E-state index contributed by atoms with van der Waals surface area (Å²) < 4.78 is -0.971. The highest BCUT2D eigenvalue weighted by Gasteiger charge is 2.67. The molecule has 0 radical (unpaired) electrons. The Labute approximate surface area is 124 Å². The minimum atomic E-state index is -0.971. The number of carbonyl (C=O) groups excluding carboxylic acids is 1. The molecule has 6 nitrogen and oxygen atoms in total. The lowest BCUT2D eigenvalue weighted by molar-refractivity contribution is -0.120. The number of aromatic amines is 1. The van der Waals surface area contributed by atoms with E-state index in [0.717, 1.165) is 5.56 Å². The zero-order valence-electron chi connectivity index (χ0n) is 10.5. The normalized spacial score (nSPS) is 23.4. The van der Waals surface area contributed by atoms with Crippen molar-refractivity contribution in [2.24, 2.45) is 5.41 Å². The number of nitrogens with zero attached hydrogens (tertiary/aromatic N) is 3. The molecular formula is C12H11Cl2N5O. The third-order valence-corrected chi connectivity index (χ3v) is 4.61. The highest BCUT2D eigenvalue weighted by Crippen LogP contribution is 2.64. The van der Waals surface area contributed by atoms with Crippen LogP contribution in [0.15, 0.2) is 24.3 Å².